The smallest absolute Gasteiger partial charge is 0.0965 e. The Morgan fingerprint density at radius 1 is 1.33 bits per heavy atom. The summed E-state index contributed by atoms with van der Waals surface area (Å²) in [5.74, 6) is 0.624. The summed E-state index contributed by atoms with van der Waals surface area (Å²) in [5, 5.41) is 5.51. The quantitative estimate of drug-likeness (QED) is 0.870. The van der Waals surface area contributed by atoms with E-state index in [2.05, 4.69) is 27.9 Å². The van der Waals surface area contributed by atoms with E-state index in [-0.39, 0.29) is 0 Å². The highest BCUT2D eigenvalue weighted by Gasteiger charge is 2.29. The van der Waals surface area contributed by atoms with Gasteiger partial charge in [-0.3, -0.25) is 0 Å². The summed E-state index contributed by atoms with van der Waals surface area (Å²) in [5.41, 5.74) is 6.92. The SMILES string of the molecule is NC1CC(c2nc(-c3cccs3)cs2)C1. The van der Waals surface area contributed by atoms with Crippen molar-refractivity contribution in [3.63, 3.8) is 0 Å². The van der Waals surface area contributed by atoms with Crippen molar-refractivity contribution in [2.75, 3.05) is 0 Å². The lowest BCUT2D eigenvalue weighted by atomic mass is 9.81. The van der Waals surface area contributed by atoms with Gasteiger partial charge in [-0.25, -0.2) is 4.98 Å². The average molecular weight is 236 g/mol. The number of nitrogens with two attached hydrogens (primary N) is 1. The van der Waals surface area contributed by atoms with Crippen LogP contribution in [0.4, 0.5) is 0 Å². The fourth-order valence-electron chi connectivity index (χ4n) is 1.88. The summed E-state index contributed by atoms with van der Waals surface area (Å²) in [4.78, 5) is 5.95. The summed E-state index contributed by atoms with van der Waals surface area (Å²) in [6.45, 7) is 0. The molecule has 0 radical (unpaired) electrons. The van der Waals surface area contributed by atoms with E-state index in [0.29, 0.717) is 12.0 Å². The van der Waals surface area contributed by atoms with Gasteiger partial charge in [0.05, 0.1) is 15.6 Å². The fourth-order valence-corrected chi connectivity index (χ4v) is 3.58. The lowest BCUT2D eigenvalue weighted by Gasteiger charge is -2.30. The third-order valence-corrected chi connectivity index (χ3v) is 4.72. The Bertz CT molecular complexity index is 441. The number of rotatable bonds is 2. The van der Waals surface area contributed by atoms with Gasteiger partial charge in [-0.1, -0.05) is 6.07 Å². The molecular weight excluding hydrogens is 224 g/mol. The van der Waals surface area contributed by atoms with Gasteiger partial charge in [-0.05, 0) is 24.3 Å². The van der Waals surface area contributed by atoms with E-state index in [1.807, 2.05) is 0 Å². The van der Waals surface area contributed by atoms with Crippen molar-refractivity contribution in [2.45, 2.75) is 24.8 Å². The zero-order valence-electron chi connectivity index (χ0n) is 8.22. The summed E-state index contributed by atoms with van der Waals surface area (Å²) >= 11 is 3.52. The van der Waals surface area contributed by atoms with Crippen LogP contribution in [-0.4, -0.2) is 11.0 Å². The van der Waals surface area contributed by atoms with E-state index in [4.69, 9.17) is 5.73 Å². The van der Waals surface area contributed by atoms with Crippen LogP contribution in [0.25, 0.3) is 10.6 Å². The first-order chi connectivity index (χ1) is 7.33. The van der Waals surface area contributed by atoms with Crippen LogP contribution in [0, 0.1) is 0 Å². The molecule has 15 heavy (non-hydrogen) atoms. The Kier molecular flexibility index (Phi) is 2.35. The zero-order chi connectivity index (χ0) is 10.3. The molecule has 1 saturated carbocycles. The molecule has 0 spiro atoms. The number of thiazole rings is 1. The minimum Gasteiger partial charge on any atom is -0.328 e. The zero-order valence-corrected chi connectivity index (χ0v) is 9.85. The first-order valence-corrected chi connectivity index (χ1v) is 6.84. The number of thiophene rings is 1. The third-order valence-electron chi connectivity index (χ3n) is 2.82. The molecule has 0 atom stereocenters. The van der Waals surface area contributed by atoms with Crippen LogP contribution in [0.1, 0.15) is 23.8 Å². The van der Waals surface area contributed by atoms with Crippen LogP contribution in [0.5, 0.6) is 0 Å². The van der Waals surface area contributed by atoms with Crippen LogP contribution in [0.3, 0.4) is 0 Å². The van der Waals surface area contributed by atoms with E-state index in [1.54, 1.807) is 22.7 Å². The third kappa shape index (κ3) is 1.73. The largest absolute Gasteiger partial charge is 0.328 e. The van der Waals surface area contributed by atoms with Gasteiger partial charge < -0.3 is 5.73 Å². The van der Waals surface area contributed by atoms with Gasteiger partial charge in [-0.15, -0.1) is 22.7 Å². The van der Waals surface area contributed by atoms with E-state index in [0.717, 1.165) is 18.5 Å². The molecule has 0 saturated heterocycles. The van der Waals surface area contributed by atoms with Crippen molar-refractivity contribution in [1.29, 1.82) is 0 Å². The predicted molar refractivity (Wildman–Crippen MR) is 65.4 cm³/mol. The van der Waals surface area contributed by atoms with Gasteiger partial charge in [0.2, 0.25) is 0 Å². The van der Waals surface area contributed by atoms with E-state index < -0.39 is 0 Å². The number of hydrogen-bond donors (Lipinski definition) is 1. The second-order valence-electron chi connectivity index (χ2n) is 3.98. The van der Waals surface area contributed by atoms with Crippen LogP contribution in [-0.2, 0) is 0 Å². The van der Waals surface area contributed by atoms with Crippen molar-refractivity contribution in [3.05, 3.63) is 27.9 Å². The van der Waals surface area contributed by atoms with Gasteiger partial charge in [0.1, 0.15) is 0 Å². The number of aromatic nitrogens is 1. The summed E-state index contributed by atoms with van der Waals surface area (Å²) in [7, 11) is 0. The highest BCUT2D eigenvalue weighted by atomic mass is 32.1. The van der Waals surface area contributed by atoms with E-state index in [9.17, 15) is 0 Å². The summed E-state index contributed by atoms with van der Waals surface area (Å²) in [6, 6.07) is 4.60. The normalized spacial score (nSPS) is 25.1. The Morgan fingerprint density at radius 3 is 2.87 bits per heavy atom. The summed E-state index contributed by atoms with van der Waals surface area (Å²) < 4.78 is 0. The Hall–Kier alpha value is -0.710. The van der Waals surface area contributed by atoms with Gasteiger partial charge >= 0.3 is 0 Å². The van der Waals surface area contributed by atoms with Crippen molar-refractivity contribution in [1.82, 2.24) is 4.98 Å². The molecule has 0 amide bonds. The van der Waals surface area contributed by atoms with Gasteiger partial charge in [0, 0.05) is 17.3 Å². The molecule has 2 aromatic heterocycles. The molecule has 0 bridgehead atoms. The molecular formula is C11H12N2S2. The Morgan fingerprint density at radius 2 is 2.20 bits per heavy atom. The predicted octanol–water partition coefficient (Wildman–Crippen LogP) is 3.08. The van der Waals surface area contributed by atoms with Gasteiger partial charge in [0.25, 0.3) is 0 Å². The lowest BCUT2D eigenvalue weighted by molar-refractivity contribution is 0.351. The van der Waals surface area contributed by atoms with E-state index in [1.165, 1.54) is 9.88 Å². The highest BCUT2D eigenvalue weighted by Crippen LogP contribution is 2.38. The first-order valence-electron chi connectivity index (χ1n) is 5.08. The molecule has 0 unspecified atom stereocenters. The maximum atomic E-state index is 5.79. The topological polar surface area (TPSA) is 38.9 Å². The molecule has 78 valence electrons. The molecule has 4 heteroatoms. The summed E-state index contributed by atoms with van der Waals surface area (Å²) in [6.07, 6.45) is 2.22. The van der Waals surface area contributed by atoms with Crippen molar-refractivity contribution in [2.24, 2.45) is 5.73 Å². The number of hydrogen-bond acceptors (Lipinski definition) is 4. The van der Waals surface area contributed by atoms with Crippen LogP contribution in [0.2, 0.25) is 0 Å². The molecule has 2 aromatic rings. The maximum Gasteiger partial charge on any atom is 0.0965 e. The van der Waals surface area contributed by atoms with Crippen molar-refractivity contribution in [3.8, 4) is 10.6 Å². The van der Waals surface area contributed by atoms with Crippen LogP contribution < -0.4 is 5.73 Å². The second-order valence-corrected chi connectivity index (χ2v) is 5.81. The molecule has 1 aliphatic carbocycles. The maximum absolute atomic E-state index is 5.79. The monoisotopic (exact) mass is 236 g/mol. The first kappa shape index (κ1) is 9.51. The molecule has 2 heterocycles. The molecule has 0 aliphatic heterocycles. The average Bonchev–Trinajstić information content (AvgIpc) is 2.83. The van der Waals surface area contributed by atoms with Gasteiger partial charge in [0.15, 0.2) is 0 Å². The second kappa shape index (κ2) is 3.70. The fraction of sp³-hybridized carbons (Fsp3) is 0.364. The van der Waals surface area contributed by atoms with Crippen molar-refractivity contribution < 1.29 is 0 Å². The van der Waals surface area contributed by atoms with E-state index >= 15 is 0 Å². The Labute approximate surface area is 96.8 Å². The van der Waals surface area contributed by atoms with Crippen molar-refractivity contribution >= 4 is 22.7 Å². The minimum atomic E-state index is 0.407. The lowest BCUT2D eigenvalue weighted by Crippen LogP contribution is -2.34. The molecule has 1 aliphatic rings. The number of nitrogens with zero attached hydrogens (tertiary/aromatic N) is 1. The van der Waals surface area contributed by atoms with Crippen LogP contribution >= 0.6 is 22.7 Å². The standard InChI is InChI=1S/C11H12N2S2/c12-8-4-7(5-8)11-13-9(6-15-11)10-2-1-3-14-10/h1-3,6-8H,4-5,12H2. The molecule has 0 aromatic carbocycles. The van der Waals surface area contributed by atoms with Gasteiger partial charge in [-0.2, -0.15) is 0 Å². The molecule has 1 fully saturated rings. The molecule has 2 nitrogen and oxygen atoms in total. The highest BCUT2D eigenvalue weighted by molar-refractivity contribution is 7.14. The van der Waals surface area contributed by atoms with Crippen LogP contribution in [0.15, 0.2) is 22.9 Å². The molecule has 3 rings (SSSR count). The minimum absolute atomic E-state index is 0.407. The molecule has 2 N–H and O–H groups in total. The Balaban J connectivity index is 1.82.